The molecule has 11 nitrogen and oxygen atoms in total. The minimum atomic E-state index is -0.394. The summed E-state index contributed by atoms with van der Waals surface area (Å²) in [5.41, 5.74) is 8.97. The van der Waals surface area contributed by atoms with Gasteiger partial charge in [-0.25, -0.2) is 0 Å². The fourth-order valence-corrected chi connectivity index (χ4v) is 5.73. The summed E-state index contributed by atoms with van der Waals surface area (Å²) in [6.07, 6.45) is 2.35. The van der Waals surface area contributed by atoms with Gasteiger partial charge in [-0.15, -0.1) is 0 Å². The van der Waals surface area contributed by atoms with Crippen LogP contribution in [0.25, 0.3) is 0 Å². The van der Waals surface area contributed by atoms with Crippen LogP contribution < -0.4 is 25.8 Å². The molecule has 11 heteroatoms. The Morgan fingerprint density at radius 2 is 1.73 bits per heavy atom. The van der Waals surface area contributed by atoms with Gasteiger partial charge in [-0.05, 0) is 74.8 Å². The number of amides is 3. The van der Waals surface area contributed by atoms with Crippen LogP contribution in [0, 0.1) is 5.92 Å². The Kier molecular flexibility index (Phi) is 13.2. The summed E-state index contributed by atoms with van der Waals surface area (Å²) in [5.74, 6) is 0.683. The molecule has 3 amide bonds. The molecule has 3 aromatic rings. The number of unbranched alkanes of at least 4 members (excludes halogenated alkanes) is 2. The highest BCUT2D eigenvalue weighted by molar-refractivity contribution is 6.00. The number of methoxy groups -OCH3 is 1. The van der Waals surface area contributed by atoms with Gasteiger partial charge in [0.2, 0.25) is 11.8 Å². The molecule has 1 aliphatic heterocycles. The second-order valence-corrected chi connectivity index (χ2v) is 12.6. The van der Waals surface area contributed by atoms with E-state index in [0.717, 1.165) is 11.3 Å². The minimum Gasteiger partial charge on any atom is -0.497 e. The summed E-state index contributed by atoms with van der Waals surface area (Å²) in [5, 5.41) is 15.7. The van der Waals surface area contributed by atoms with E-state index in [1.54, 1.807) is 42.3 Å². The molecule has 0 aliphatic carbocycles. The number of nitrogens with two attached hydrogens (primary N) is 1. The van der Waals surface area contributed by atoms with Gasteiger partial charge in [0.15, 0.2) is 0 Å². The zero-order valence-corrected chi connectivity index (χ0v) is 28.4. The van der Waals surface area contributed by atoms with Crippen molar-refractivity contribution in [3.05, 3.63) is 77.9 Å². The van der Waals surface area contributed by atoms with Crippen molar-refractivity contribution in [2.45, 2.75) is 64.6 Å². The SMILES string of the molecule is COc1ccc(CN(C)C[C@H]2Oc3ccc(NC(=O)CCCCCC(=O)Nc4ccccc4N)cc3C(=O)N([C@H](C)CO)C[C@H]2C)cc1. The van der Waals surface area contributed by atoms with Crippen molar-refractivity contribution in [3.8, 4) is 11.5 Å². The number of aliphatic hydroxyl groups is 1. The number of hydrogen-bond donors (Lipinski definition) is 4. The lowest BCUT2D eigenvalue weighted by atomic mass is 9.99. The molecule has 0 unspecified atom stereocenters. The highest BCUT2D eigenvalue weighted by Crippen LogP contribution is 2.31. The quantitative estimate of drug-likeness (QED) is 0.129. The van der Waals surface area contributed by atoms with Crippen molar-refractivity contribution in [2.75, 3.05) is 50.2 Å². The number of carbonyl (C=O) groups excluding carboxylic acids is 3. The number of nitrogen functional groups attached to an aromatic ring is 1. The van der Waals surface area contributed by atoms with Crippen LogP contribution in [0.3, 0.4) is 0 Å². The molecule has 3 aromatic carbocycles. The Balaban J connectivity index is 1.36. The zero-order valence-electron chi connectivity index (χ0n) is 28.4. The number of likely N-dealkylation sites (N-methyl/N-ethyl adjacent to an activating group) is 1. The maximum atomic E-state index is 13.8. The Hall–Kier alpha value is -4.61. The van der Waals surface area contributed by atoms with Gasteiger partial charge in [-0.3, -0.25) is 19.3 Å². The number of rotatable bonds is 15. The van der Waals surface area contributed by atoms with Gasteiger partial charge in [0.05, 0.1) is 36.7 Å². The first kappa shape index (κ1) is 36.2. The molecular weight excluding hydrogens is 610 g/mol. The topological polar surface area (TPSA) is 146 Å². The van der Waals surface area contributed by atoms with E-state index < -0.39 is 6.04 Å². The minimum absolute atomic E-state index is 0.0173. The lowest BCUT2D eigenvalue weighted by Gasteiger charge is -2.38. The van der Waals surface area contributed by atoms with Crippen LogP contribution in [0.1, 0.15) is 61.9 Å². The number of carbonyl (C=O) groups is 3. The van der Waals surface area contributed by atoms with E-state index in [2.05, 4.69) is 22.5 Å². The molecule has 1 heterocycles. The maximum Gasteiger partial charge on any atom is 0.258 e. The third-order valence-corrected chi connectivity index (χ3v) is 8.59. The second kappa shape index (κ2) is 17.5. The van der Waals surface area contributed by atoms with Crippen LogP contribution in [0.5, 0.6) is 11.5 Å². The number of fused-ring (bicyclic) bond motifs is 1. The van der Waals surface area contributed by atoms with Crippen molar-refractivity contribution in [1.29, 1.82) is 0 Å². The summed E-state index contributed by atoms with van der Waals surface area (Å²) >= 11 is 0. The summed E-state index contributed by atoms with van der Waals surface area (Å²) in [4.78, 5) is 42.7. The van der Waals surface area contributed by atoms with E-state index in [9.17, 15) is 19.5 Å². The van der Waals surface area contributed by atoms with E-state index in [4.69, 9.17) is 15.2 Å². The second-order valence-electron chi connectivity index (χ2n) is 12.6. The first-order valence-corrected chi connectivity index (χ1v) is 16.6. The van der Waals surface area contributed by atoms with Crippen LogP contribution in [0.2, 0.25) is 0 Å². The Bertz CT molecular complexity index is 1530. The van der Waals surface area contributed by atoms with Gasteiger partial charge in [0.25, 0.3) is 5.91 Å². The van der Waals surface area contributed by atoms with Crippen LogP contribution in [-0.2, 0) is 16.1 Å². The number of ether oxygens (including phenoxy) is 2. The molecule has 0 bridgehead atoms. The van der Waals surface area contributed by atoms with E-state index in [1.807, 2.05) is 50.4 Å². The highest BCUT2D eigenvalue weighted by atomic mass is 16.5. The van der Waals surface area contributed by atoms with Crippen molar-refractivity contribution >= 4 is 34.8 Å². The molecule has 0 fully saturated rings. The third kappa shape index (κ3) is 10.2. The van der Waals surface area contributed by atoms with Gasteiger partial charge < -0.3 is 35.8 Å². The monoisotopic (exact) mass is 659 g/mol. The number of nitrogens with zero attached hydrogens (tertiary/aromatic N) is 2. The lowest BCUT2D eigenvalue weighted by Crippen LogP contribution is -2.49. The maximum absolute atomic E-state index is 13.8. The highest BCUT2D eigenvalue weighted by Gasteiger charge is 2.33. The van der Waals surface area contributed by atoms with Crippen LogP contribution in [0.15, 0.2) is 66.7 Å². The number of hydrogen-bond acceptors (Lipinski definition) is 8. The molecule has 48 heavy (non-hydrogen) atoms. The van der Waals surface area contributed by atoms with Gasteiger partial charge in [-0.2, -0.15) is 0 Å². The van der Waals surface area contributed by atoms with Crippen LogP contribution >= 0.6 is 0 Å². The molecule has 3 atom stereocenters. The Morgan fingerprint density at radius 3 is 2.40 bits per heavy atom. The number of nitrogens with one attached hydrogen (secondary N) is 2. The molecule has 1 aliphatic rings. The van der Waals surface area contributed by atoms with Crippen molar-refractivity contribution < 1.29 is 29.0 Å². The molecule has 0 aromatic heterocycles. The first-order chi connectivity index (χ1) is 23.1. The van der Waals surface area contributed by atoms with Crippen molar-refractivity contribution in [3.63, 3.8) is 0 Å². The third-order valence-electron chi connectivity index (χ3n) is 8.59. The number of anilines is 3. The summed E-state index contributed by atoms with van der Waals surface area (Å²) in [6, 6.07) is 19.8. The van der Waals surface area contributed by atoms with E-state index >= 15 is 0 Å². The first-order valence-electron chi connectivity index (χ1n) is 16.6. The van der Waals surface area contributed by atoms with Crippen molar-refractivity contribution in [1.82, 2.24) is 9.80 Å². The van der Waals surface area contributed by atoms with E-state index in [-0.39, 0.29) is 42.8 Å². The average molecular weight is 660 g/mol. The Morgan fingerprint density at radius 1 is 1.04 bits per heavy atom. The predicted octanol–water partition coefficient (Wildman–Crippen LogP) is 5.16. The molecule has 5 N–H and O–H groups in total. The van der Waals surface area contributed by atoms with E-state index in [0.29, 0.717) is 73.7 Å². The van der Waals surface area contributed by atoms with Gasteiger partial charge >= 0.3 is 0 Å². The van der Waals surface area contributed by atoms with Crippen LogP contribution in [0.4, 0.5) is 17.1 Å². The molecule has 0 radical (unpaired) electrons. The molecule has 0 saturated heterocycles. The summed E-state index contributed by atoms with van der Waals surface area (Å²) in [7, 11) is 3.68. The van der Waals surface area contributed by atoms with Gasteiger partial charge in [0, 0.05) is 44.1 Å². The van der Waals surface area contributed by atoms with Gasteiger partial charge in [-0.1, -0.05) is 37.6 Å². The van der Waals surface area contributed by atoms with Crippen LogP contribution in [-0.4, -0.2) is 78.6 Å². The summed E-state index contributed by atoms with van der Waals surface area (Å²) in [6.45, 7) is 5.44. The smallest absolute Gasteiger partial charge is 0.258 e. The Labute approximate surface area is 283 Å². The molecular formula is C37H49N5O6. The van der Waals surface area contributed by atoms with E-state index in [1.165, 1.54) is 0 Å². The largest absolute Gasteiger partial charge is 0.497 e. The normalized spacial score (nSPS) is 16.7. The average Bonchev–Trinajstić information content (AvgIpc) is 3.07. The molecule has 0 saturated carbocycles. The number of benzene rings is 3. The summed E-state index contributed by atoms with van der Waals surface area (Å²) < 4.78 is 11.8. The standard InChI is InChI=1S/C37H49N5O6/c1-25-21-42(26(2)24-43)37(46)30-20-28(39-35(44)12-6-5-7-13-36(45)40-32-11-9-8-10-31(32)38)16-19-33(30)48-34(25)23-41(3)22-27-14-17-29(47-4)18-15-27/h8-11,14-20,25-26,34,43H,5-7,12-13,21-24,38H2,1-4H3,(H,39,44)(H,40,45)/t25-,26-,34-/m1/s1. The fraction of sp³-hybridized carbons (Fsp3) is 0.432. The lowest BCUT2D eigenvalue weighted by molar-refractivity contribution is -0.116. The van der Waals surface area contributed by atoms with Gasteiger partial charge in [0.1, 0.15) is 17.6 Å². The molecule has 258 valence electrons. The molecule has 4 rings (SSSR count). The molecule has 0 spiro atoms. The van der Waals surface area contributed by atoms with Crippen molar-refractivity contribution in [2.24, 2.45) is 5.92 Å². The number of aliphatic hydroxyl groups excluding tert-OH is 1. The number of para-hydroxylation sites is 2. The zero-order chi connectivity index (χ0) is 34.6. The predicted molar refractivity (Wildman–Crippen MR) is 188 cm³/mol. The fourth-order valence-electron chi connectivity index (χ4n) is 5.73.